The highest BCUT2D eigenvalue weighted by atomic mass is 19.1. The molecular weight excluding hydrogens is 275 g/mol. The molecule has 1 amide bonds. The molecule has 0 saturated heterocycles. The summed E-state index contributed by atoms with van der Waals surface area (Å²) in [5, 5.41) is 12.4. The highest BCUT2D eigenvalue weighted by Crippen LogP contribution is 2.30. The van der Waals surface area contributed by atoms with Crippen LogP contribution in [0.3, 0.4) is 0 Å². The minimum atomic E-state index is -0.874. The summed E-state index contributed by atoms with van der Waals surface area (Å²) in [7, 11) is 1.40. The van der Waals surface area contributed by atoms with Crippen LogP contribution >= 0.6 is 0 Å². The molecule has 0 aliphatic rings. The Balaban J connectivity index is 2.33. The number of methoxy groups -OCH3 is 1. The second-order valence-corrected chi connectivity index (χ2v) is 4.42. The first kappa shape index (κ1) is 14.6. The molecule has 5 nitrogen and oxygen atoms in total. The molecular formula is C15H15FN2O3. The van der Waals surface area contributed by atoms with Crippen LogP contribution in [0.15, 0.2) is 42.5 Å². The van der Waals surface area contributed by atoms with Gasteiger partial charge in [0.05, 0.1) is 7.11 Å². The molecule has 21 heavy (non-hydrogen) atoms. The number of primary amides is 1. The molecule has 2 aromatic carbocycles. The van der Waals surface area contributed by atoms with Crippen molar-refractivity contribution in [3.63, 3.8) is 0 Å². The lowest BCUT2D eigenvalue weighted by Gasteiger charge is -2.18. The molecule has 0 aliphatic heterocycles. The summed E-state index contributed by atoms with van der Waals surface area (Å²) in [6.07, 6.45) is 0. The van der Waals surface area contributed by atoms with Gasteiger partial charge in [-0.25, -0.2) is 4.39 Å². The number of anilines is 1. The van der Waals surface area contributed by atoms with Crippen molar-refractivity contribution in [3.05, 3.63) is 53.8 Å². The molecule has 1 unspecified atom stereocenters. The van der Waals surface area contributed by atoms with E-state index in [0.29, 0.717) is 11.3 Å². The summed E-state index contributed by atoms with van der Waals surface area (Å²) in [4.78, 5) is 11.6. The smallest absolute Gasteiger partial charge is 0.244 e. The predicted octanol–water partition coefficient (Wildman–Crippen LogP) is 2.18. The van der Waals surface area contributed by atoms with Crippen LogP contribution in [-0.2, 0) is 4.79 Å². The Bertz CT molecular complexity index is 661. The number of hydrogen-bond acceptors (Lipinski definition) is 4. The first-order valence-electron chi connectivity index (χ1n) is 6.19. The topological polar surface area (TPSA) is 84.6 Å². The summed E-state index contributed by atoms with van der Waals surface area (Å²) in [6.45, 7) is 0. The second-order valence-electron chi connectivity index (χ2n) is 4.42. The SMILES string of the molecule is COc1cc(C(Nc2cccc(F)c2)C(N)=O)ccc1O. The number of benzene rings is 2. The maximum absolute atomic E-state index is 13.2. The Morgan fingerprint density at radius 1 is 1.33 bits per heavy atom. The van der Waals surface area contributed by atoms with Gasteiger partial charge in [-0.1, -0.05) is 12.1 Å². The van der Waals surface area contributed by atoms with Crippen molar-refractivity contribution in [3.8, 4) is 11.5 Å². The van der Waals surface area contributed by atoms with Gasteiger partial charge in [-0.05, 0) is 35.9 Å². The van der Waals surface area contributed by atoms with E-state index in [1.54, 1.807) is 12.1 Å². The zero-order chi connectivity index (χ0) is 15.4. The van der Waals surface area contributed by atoms with Crippen LogP contribution in [0.5, 0.6) is 11.5 Å². The van der Waals surface area contributed by atoms with Gasteiger partial charge in [0, 0.05) is 5.69 Å². The summed E-state index contributed by atoms with van der Waals surface area (Å²) in [5.74, 6) is -0.881. The van der Waals surface area contributed by atoms with Gasteiger partial charge in [0.1, 0.15) is 11.9 Å². The van der Waals surface area contributed by atoms with Gasteiger partial charge >= 0.3 is 0 Å². The minimum Gasteiger partial charge on any atom is -0.504 e. The number of halogens is 1. The second kappa shape index (κ2) is 6.13. The normalized spacial score (nSPS) is 11.7. The van der Waals surface area contributed by atoms with Crippen LogP contribution in [0.1, 0.15) is 11.6 Å². The molecule has 0 aliphatic carbocycles. The van der Waals surface area contributed by atoms with Crippen LogP contribution in [0, 0.1) is 5.82 Å². The van der Waals surface area contributed by atoms with Crippen molar-refractivity contribution in [1.29, 1.82) is 0 Å². The number of ether oxygens (including phenoxy) is 1. The number of phenols is 1. The maximum Gasteiger partial charge on any atom is 0.244 e. The van der Waals surface area contributed by atoms with Crippen LogP contribution < -0.4 is 15.8 Å². The summed E-state index contributed by atoms with van der Waals surface area (Å²) in [6, 6.07) is 9.26. The van der Waals surface area contributed by atoms with Gasteiger partial charge < -0.3 is 20.9 Å². The van der Waals surface area contributed by atoms with E-state index in [2.05, 4.69) is 5.32 Å². The molecule has 0 radical (unpaired) electrons. The lowest BCUT2D eigenvalue weighted by atomic mass is 10.0. The first-order chi connectivity index (χ1) is 10.0. The largest absolute Gasteiger partial charge is 0.504 e. The van der Waals surface area contributed by atoms with Crippen molar-refractivity contribution in [2.45, 2.75) is 6.04 Å². The summed E-state index contributed by atoms with van der Waals surface area (Å²) < 4.78 is 18.2. The van der Waals surface area contributed by atoms with E-state index < -0.39 is 17.8 Å². The number of amides is 1. The van der Waals surface area contributed by atoms with E-state index in [9.17, 15) is 14.3 Å². The van der Waals surface area contributed by atoms with Crippen LogP contribution in [0.2, 0.25) is 0 Å². The molecule has 0 heterocycles. The number of aromatic hydroxyl groups is 1. The van der Waals surface area contributed by atoms with E-state index >= 15 is 0 Å². The lowest BCUT2D eigenvalue weighted by molar-refractivity contribution is -0.118. The van der Waals surface area contributed by atoms with Gasteiger partial charge in [0.25, 0.3) is 0 Å². The average molecular weight is 290 g/mol. The van der Waals surface area contributed by atoms with Gasteiger partial charge in [0.15, 0.2) is 11.5 Å². The van der Waals surface area contributed by atoms with Crippen molar-refractivity contribution >= 4 is 11.6 Å². The van der Waals surface area contributed by atoms with Crippen LogP contribution in [0.25, 0.3) is 0 Å². The number of nitrogens with one attached hydrogen (secondary N) is 1. The Morgan fingerprint density at radius 3 is 2.71 bits per heavy atom. The molecule has 0 saturated carbocycles. The molecule has 0 fully saturated rings. The van der Waals surface area contributed by atoms with Crippen LogP contribution in [-0.4, -0.2) is 18.1 Å². The first-order valence-corrected chi connectivity index (χ1v) is 6.19. The molecule has 0 spiro atoms. The third-order valence-corrected chi connectivity index (χ3v) is 2.96. The number of carbonyl (C=O) groups excluding carboxylic acids is 1. The fourth-order valence-corrected chi connectivity index (χ4v) is 1.94. The monoisotopic (exact) mass is 290 g/mol. The Morgan fingerprint density at radius 2 is 2.10 bits per heavy atom. The van der Waals surface area contributed by atoms with E-state index in [4.69, 9.17) is 10.5 Å². The zero-order valence-corrected chi connectivity index (χ0v) is 11.3. The third kappa shape index (κ3) is 3.42. The Labute approximate surface area is 121 Å². The zero-order valence-electron chi connectivity index (χ0n) is 11.3. The fraction of sp³-hybridized carbons (Fsp3) is 0.133. The number of carbonyl (C=O) groups is 1. The summed E-state index contributed by atoms with van der Waals surface area (Å²) in [5.41, 5.74) is 6.31. The number of rotatable bonds is 5. The third-order valence-electron chi connectivity index (χ3n) is 2.96. The van der Waals surface area contributed by atoms with E-state index in [1.807, 2.05) is 0 Å². The minimum absolute atomic E-state index is 0.0461. The maximum atomic E-state index is 13.2. The molecule has 6 heteroatoms. The highest BCUT2D eigenvalue weighted by molar-refractivity contribution is 5.84. The quantitative estimate of drug-likeness (QED) is 0.788. The molecule has 4 N–H and O–H groups in total. The molecule has 0 bridgehead atoms. The van der Waals surface area contributed by atoms with Crippen molar-refractivity contribution < 1.29 is 19.0 Å². The van der Waals surface area contributed by atoms with Gasteiger partial charge in [-0.2, -0.15) is 0 Å². The molecule has 110 valence electrons. The van der Waals surface area contributed by atoms with Gasteiger partial charge in [0.2, 0.25) is 5.91 Å². The standard InChI is InChI=1S/C15H15FN2O3/c1-21-13-7-9(5-6-12(13)19)14(15(17)20)18-11-4-2-3-10(16)8-11/h2-8,14,18-19H,1H3,(H2,17,20). The van der Waals surface area contributed by atoms with Gasteiger partial charge in [-0.15, -0.1) is 0 Å². The molecule has 0 aromatic heterocycles. The van der Waals surface area contributed by atoms with Gasteiger partial charge in [-0.3, -0.25) is 4.79 Å². The number of hydrogen-bond donors (Lipinski definition) is 3. The highest BCUT2D eigenvalue weighted by Gasteiger charge is 2.19. The Hall–Kier alpha value is -2.76. The molecule has 2 rings (SSSR count). The van der Waals surface area contributed by atoms with E-state index in [1.165, 1.54) is 37.4 Å². The van der Waals surface area contributed by atoms with Crippen molar-refractivity contribution in [2.75, 3.05) is 12.4 Å². The number of phenolic OH excluding ortho intramolecular Hbond substituents is 1. The molecule has 2 aromatic rings. The van der Waals surface area contributed by atoms with E-state index in [0.717, 1.165) is 0 Å². The lowest BCUT2D eigenvalue weighted by Crippen LogP contribution is -2.27. The molecule has 1 atom stereocenters. The number of nitrogens with two attached hydrogens (primary N) is 1. The van der Waals surface area contributed by atoms with Crippen molar-refractivity contribution in [2.24, 2.45) is 5.73 Å². The Kier molecular flexibility index (Phi) is 4.27. The summed E-state index contributed by atoms with van der Waals surface area (Å²) >= 11 is 0. The van der Waals surface area contributed by atoms with Crippen molar-refractivity contribution in [1.82, 2.24) is 0 Å². The average Bonchev–Trinajstić information content (AvgIpc) is 2.45. The van der Waals surface area contributed by atoms with Crippen LogP contribution in [0.4, 0.5) is 10.1 Å². The fourth-order valence-electron chi connectivity index (χ4n) is 1.94. The predicted molar refractivity (Wildman–Crippen MR) is 76.6 cm³/mol. The van der Waals surface area contributed by atoms with E-state index in [-0.39, 0.29) is 11.5 Å².